The fourth-order valence-corrected chi connectivity index (χ4v) is 3.82. The third-order valence-electron chi connectivity index (χ3n) is 4.09. The molecular weight excluding hydrogens is 351 g/mol. The summed E-state index contributed by atoms with van der Waals surface area (Å²) in [7, 11) is -3.74. The first-order valence-electron chi connectivity index (χ1n) is 9.46. The van der Waals surface area contributed by atoms with Crippen molar-refractivity contribution in [1.82, 2.24) is 0 Å². The van der Waals surface area contributed by atoms with Crippen LogP contribution >= 0.6 is 7.60 Å². The molecule has 1 rings (SSSR count). The molecule has 26 heavy (non-hydrogen) atoms. The molecule has 0 saturated heterocycles. The Morgan fingerprint density at radius 3 is 2.00 bits per heavy atom. The fraction of sp³-hybridized carbons (Fsp3) is 0.700. The van der Waals surface area contributed by atoms with Gasteiger partial charge in [0.05, 0.1) is 36.8 Å². The van der Waals surface area contributed by atoms with Gasteiger partial charge in [0.15, 0.2) is 0 Å². The molecule has 0 aromatic heterocycles. The van der Waals surface area contributed by atoms with Crippen LogP contribution in [-0.4, -0.2) is 36.4 Å². The molecule has 0 fully saturated rings. The predicted octanol–water partition coefficient (Wildman–Crippen LogP) is 4.64. The number of benzene rings is 1. The minimum absolute atomic E-state index is 0.185. The lowest BCUT2D eigenvalue weighted by Crippen LogP contribution is -2.16. The van der Waals surface area contributed by atoms with E-state index < -0.39 is 7.60 Å². The Bertz CT molecular complexity index is 556. The predicted molar refractivity (Wildman–Crippen MR) is 106 cm³/mol. The zero-order chi connectivity index (χ0) is 19.7. The van der Waals surface area contributed by atoms with Crippen LogP contribution in [0.25, 0.3) is 0 Å². The highest BCUT2D eigenvalue weighted by Crippen LogP contribution is 2.42. The second-order valence-corrected chi connectivity index (χ2v) is 9.11. The van der Waals surface area contributed by atoms with Crippen LogP contribution in [0.1, 0.15) is 65.9 Å². The normalized spacial score (nSPS) is 16.7. The molecule has 5 nitrogen and oxygen atoms in total. The third kappa shape index (κ3) is 8.79. The minimum atomic E-state index is -3.74. The summed E-state index contributed by atoms with van der Waals surface area (Å²) >= 11 is 0. The summed E-state index contributed by atoms with van der Waals surface area (Å²) in [6.45, 7) is 13.0. The molecule has 150 valence electrons. The third-order valence-corrected chi connectivity index (χ3v) is 5.74. The van der Waals surface area contributed by atoms with Gasteiger partial charge in [-0.25, -0.2) is 0 Å². The van der Waals surface area contributed by atoms with Crippen LogP contribution in [0.4, 0.5) is 0 Å². The van der Waals surface area contributed by atoms with Crippen LogP contribution in [0.2, 0.25) is 0 Å². The highest BCUT2D eigenvalue weighted by atomic mass is 31.2. The van der Waals surface area contributed by atoms with E-state index in [0.29, 0.717) is 24.4 Å². The second-order valence-electron chi connectivity index (χ2n) is 7.35. The molecule has 0 spiro atoms. The van der Waals surface area contributed by atoms with E-state index in [9.17, 15) is 9.46 Å². The molecule has 0 aliphatic rings. The Hall–Kier alpha value is -0.710. The van der Waals surface area contributed by atoms with Gasteiger partial charge in [0.25, 0.3) is 0 Å². The van der Waals surface area contributed by atoms with Crippen LogP contribution < -0.4 is 5.30 Å². The van der Waals surface area contributed by atoms with E-state index >= 15 is 0 Å². The molecule has 3 unspecified atom stereocenters. The second kappa shape index (κ2) is 11.2. The molecule has 0 bridgehead atoms. The molecule has 1 aromatic rings. The van der Waals surface area contributed by atoms with Gasteiger partial charge < -0.3 is 18.9 Å². The highest BCUT2D eigenvalue weighted by Gasteiger charge is 2.24. The Balaban J connectivity index is 2.45. The summed E-state index contributed by atoms with van der Waals surface area (Å²) in [6, 6.07) is 7.21. The van der Waals surface area contributed by atoms with Gasteiger partial charge in [-0.15, -0.1) is 0 Å². The molecule has 0 heterocycles. The van der Waals surface area contributed by atoms with E-state index in [2.05, 4.69) is 13.8 Å². The van der Waals surface area contributed by atoms with Gasteiger partial charge in [-0.2, -0.15) is 0 Å². The summed E-state index contributed by atoms with van der Waals surface area (Å²) in [6.07, 6.45) is 2.07. The molecule has 3 atom stereocenters. The maximum absolute atomic E-state index is 12.2. The van der Waals surface area contributed by atoms with Crippen molar-refractivity contribution in [2.75, 3.05) is 13.2 Å². The van der Waals surface area contributed by atoms with Crippen LogP contribution in [0.15, 0.2) is 24.3 Å². The van der Waals surface area contributed by atoms with Crippen molar-refractivity contribution in [2.24, 2.45) is 0 Å². The molecular formula is C20H35O5P. The van der Waals surface area contributed by atoms with Gasteiger partial charge in [0.1, 0.15) is 0 Å². The van der Waals surface area contributed by atoms with Crippen molar-refractivity contribution in [3.63, 3.8) is 0 Å². The minimum Gasteiger partial charge on any atom is -0.376 e. The molecule has 0 saturated carbocycles. The van der Waals surface area contributed by atoms with Crippen molar-refractivity contribution in [2.45, 2.75) is 78.6 Å². The topological polar surface area (TPSA) is 65.0 Å². The van der Waals surface area contributed by atoms with E-state index in [1.165, 1.54) is 0 Å². The zero-order valence-corrected chi connectivity index (χ0v) is 17.9. The first kappa shape index (κ1) is 23.3. The lowest BCUT2D eigenvalue weighted by atomic mass is 9.95. The monoisotopic (exact) mass is 386 g/mol. The average molecular weight is 386 g/mol. The van der Waals surface area contributed by atoms with Crippen molar-refractivity contribution >= 4 is 12.9 Å². The van der Waals surface area contributed by atoms with Gasteiger partial charge in [-0.3, -0.25) is 4.57 Å². The Morgan fingerprint density at radius 2 is 1.46 bits per heavy atom. The SMILES string of the molecule is CC(C)OCCOC(C)CCC(C)c1ccc(P(=O)(O)OC(C)C)cc1. The summed E-state index contributed by atoms with van der Waals surface area (Å²) < 4.78 is 28.6. The maximum Gasteiger partial charge on any atom is 0.359 e. The van der Waals surface area contributed by atoms with E-state index in [4.69, 9.17) is 14.0 Å². The van der Waals surface area contributed by atoms with Crippen molar-refractivity contribution in [3.05, 3.63) is 29.8 Å². The first-order valence-corrected chi connectivity index (χ1v) is 11.0. The maximum atomic E-state index is 12.2. The Labute approximate surface area is 158 Å². The van der Waals surface area contributed by atoms with Gasteiger partial charge >= 0.3 is 7.60 Å². The number of rotatable bonds is 12. The molecule has 0 amide bonds. The molecule has 0 aliphatic carbocycles. The van der Waals surface area contributed by atoms with Crippen molar-refractivity contribution in [1.29, 1.82) is 0 Å². The van der Waals surface area contributed by atoms with E-state index in [1.807, 2.05) is 26.0 Å². The molecule has 0 aliphatic heterocycles. The molecule has 6 heteroatoms. The van der Waals surface area contributed by atoms with Gasteiger partial charge in [-0.05, 0) is 71.1 Å². The van der Waals surface area contributed by atoms with Crippen molar-refractivity contribution in [3.8, 4) is 0 Å². The van der Waals surface area contributed by atoms with Gasteiger partial charge in [-0.1, -0.05) is 19.1 Å². The lowest BCUT2D eigenvalue weighted by Gasteiger charge is -2.18. The standard InChI is InChI=1S/C20H35O5P/c1-15(2)23-13-14-24-18(6)8-7-17(5)19-9-11-20(12-10-19)26(21,22)25-16(3)4/h9-12,15-18H,7-8,13-14H2,1-6H3,(H,21,22). The summed E-state index contributed by atoms with van der Waals surface area (Å²) in [5.74, 6) is 0.353. The number of ether oxygens (including phenoxy) is 2. The average Bonchev–Trinajstić information content (AvgIpc) is 2.55. The number of hydrogen-bond acceptors (Lipinski definition) is 4. The van der Waals surface area contributed by atoms with E-state index in [1.54, 1.807) is 26.0 Å². The number of hydrogen-bond donors (Lipinski definition) is 1. The van der Waals surface area contributed by atoms with E-state index in [0.717, 1.165) is 18.4 Å². The molecule has 0 radical (unpaired) electrons. The summed E-state index contributed by atoms with van der Waals surface area (Å²) in [5, 5.41) is 0.337. The van der Waals surface area contributed by atoms with E-state index in [-0.39, 0.29) is 18.3 Å². The quantitative estimate of drug-likeness (QED) is 0.419. The van der Waals surface area contributed by atoms with Crippen LogP contribution in [0.5, 0.6) is 0 Å². The molecule has 1 aromatic carbocycles. The zero-order valence-electron chi connectivity index (χ0n) is 17.0. The van der Waals surface area contributed by atoms with Crippen molar-refractivity contribution < 1.29 is 23.5 Å². The Kier molecular flexibility index (Phi) is 10.1. The van der Waals surface area contributed by atoms with Gasteiger partial charge in [0, 0.05) is 0 Å². The smallest absolute Gasteiger partial charge is 0.359 e. The van der Waals surface area contributed by atoms with Gasteiger partial charge in [0.2, 0.25) is 0 Å². The first-order chi connectivity index (χ1) is 12.1. The highest BCUT2D eigenvalue weighted by molar-refractivity contribution is 7.61. The summed E-state index contributed by atoms with van der Waals surface area (Å²) in [4.78, 5) is 10.0. The van der Waals surface area contributed by atoms with Crippen LogP contribution in [-0.2, 0) is 18.6 Å². The fourth-order valence-electron chi connectivity index (χ4n) is 2.61. The lowest BCUT2D eigenvalue weighted by molar-refractivity contribution is -0.00976. The van der Waals surface area contributed by atoms with Crippen LogP contribution in [0, 0.1) is 0 Å². The summed E-state index contributed by atoms with van der Waals surface area (Å²) in [5.41, 5.74) is 1.15. The molecule has 1 N–H and O–H groups in total. The Morgan fingerprint density at radius 1 is 0.885 bits per heavy atom. The van der Waals surface area contributed by atoms with Crippen LogP contribution in [0.3, 0.4) is 0 Å². The largest absolute Gasteiger partial charge is 0.376 e.